The maximum atomic E-state index is 11.8. The second-order valence-electron chi connectivity index (χ2n) is 3.87. The van der Waals surface area contributed by atoms with E-state index in [4.69, 9.17) is 0 Å². The molecule has 0 aromatic heterocycles. The number of hydrogen-bond acceptors (Lipinski definition) is 8. The fourth-order valence-corrected chi connectivity index (χ4v) is 6.37. The monoisotopic (exact) mass is 423 g/mol. The topological polar surface area (TPSA) is 298 Å². The molecule has 0 unspecified atom stereocenters. The molecule has 147 valence electrons. The summed E-state index contributed by atoms with van der Waals surface area (Å²) in [6, 6.07) is 0. The Balaban J connectivity index is 10.4. The van der Waals surface area contributed by atoms with Crippen molar-refractivity contribution in [3.63, 3.8) is 0 Å². The SMILES string of the molecule is O=[C](O)[Cu]([C](=O)O)([C](=O)O)([C](=O)O)([C](=O)O)([C](=O)O)([C](=O)O)[C](=O)O. The molecule has 0 saturated heterocycles. The molecule has 0 aromatic rings. The quantitative estimate of drug-likeness (QED) is 0.257. The molecule has 0 radical (unpaired) electrons. The summed E-state index contributed by atoms with van der Waals surface area (Å²) in [5.74, 6) is 0. The third-order valence-electron chi connectivity index (χ3n) is 3.61. The Labute approximate surface area is 127 Å². The molecule has 16 nitrogen and oxygen atoms in total. The van der Waals surface area contributed by atoms with E-state index >= 15 is 0 Å². The molecule has 17 heteroatoms. The molecule has 0 aliphatic carbocycles. The Kier molecular flexibility index (Phi) is 2.75. The molecule has 0 bridgehead atoms. The first-order chi connectivity index (χ1) is 10.9. The van der Waals surface area contributed by atoms with Crippen LogP contribution in [0.15, 0.2) is 0 Å². The van der Waals surface area contributed by atoms with Crippen molar-refractivity contribution < 1.29 is 87.8 Å². The van der Waals surface area contributed by atoms with Crippen LogP contribution in [-0.2, 0) is 8.62 Å². The first-order valence-electron chi connectivity index (χ1n) is 4.63. The van der Waals surface area contributed by atoms with Gasteiger partial charge in [-0.05, 0) is 0 Å². The van der Waals surface area contributed by atoms with Gasteiger partial charge in [0.05, 0.1) is 0 Å². The summed E-state index contributed by atoms with van der Waals surface area (Å²) in [5.41, 5.74) is 0. The van der Waals surface area contributed by atoms with E-state index in [1.165, 1.54) is 0 Å². The van der Waals surface area contributed by atoms with E-state index in [1.807, 2.05) is 0 Å². The van der Waals surface area contributed by atoms with Crippen molar-refractivity contribution in [2.75, 3.05) is 0 Å². The van der Waals surface area contributed by atoms with Gasteiger partial charge in [0.2, 0.25) is 0 Å². The van der Waals surface area contributed by atoms with E-state index < -0.39 is 47.6 Å². The van der Waals surface area contributed by atoms with Crippen molar-refractivity contribution in [2.45, 2.75) is 0 Å². The molecule has 0 atom stereocenters. The van der Waals surface area contributed by atoms with Crippen molar-refractivity contribution in [1.82, 2.24) is 0 Å². The van der Waals surface area contributed by atoms with Crippen LogP contribution >= 0.6 is 0 Å². The molecule has 25 heavy (non-hydrogen) atoms. The Morgan fingerprint density at radius 2 is 0.400 bits per heavy atom. The minimum absolute atomic E-state index is 4.68. The van der Waals surface area contributed by atoms with Crippen LogP contribution in [0.2, 0.25) is 0 Å². The zero-order valence-corrected chi connectivity index (χ0v) is 12.1. The molecule has 0 saturated carbocycles. The number of rotatable bonds is 8. The average molecular weight is 424 g/mol. The molecule has 0 rings (SSSR count). The third kappa shape index (κ3) is 0.578. The van der Waals surface area contributed by atoms with Gasteiger partial charge in [0, 0.05) is 0 Å². The number of carbonyl (C=O) groups is 8. The summed E-state index contributed by atoms with van der Waals surface area (Å²) >= 11 is 0. The molecular weight excluding hydrogens is 416 g/mol. The Bertz CT molecular complexity index is 667. The van der Waals surface area contributed by atoms with E-state index in [0.717, 1.165) is 0 Å². The third-order valence-corrected chi connectivity index (χ3v) is 14.9. The summed E-state index contributed by atoms with van der Waals surface area (Å²) in [7, 11) is -12.6. The Morgan fingerprint density at radius 1 is 0.320 bits per heavy atom. The summed E-state index contributed by atoms with van der Waals surface area (Å²) in [6.07, 6.45) is 0. The fraction of sp³-hybridized carbons (Fsp3) is 0. The molecule has 0 aliphatic rings. The molecule has 0 amide bonds. The number of carboxylic acid groups (broad SMARTS) is 8. The second-order valence-corrected chi connectivity index (χ2v) is 13.7. The van der Waals surface area contributed by atoms with Gasteiger partial charge >= 0.3 is 127 Å². The van der Waals surface area contributed by atoms with E-state index in [-0.39, 0.29) is 0 Å². The van der Waals surface area contributed by atoms with Crippen molar-refractivity contribution in [2.24, 2.45) is 0 Å². The molecular formula is C8H8CuO16. The van der Waals surface area contributed by atoms with E-state index in [9.17, 15) is 79.2 Å². The molecule has 0 aromatic carbocycles. The molecule has 0 aliphatic heterocycles. The van der Waals surface area contributed by atoms with E-state index in [2.05, 4.69) is 0 Å². The van der Waals surface area contributed by atoms with Crippen LogP contribution in [0.1, 0.15) is 0 Å². The van der Waals surface area contributed by atoms with Gasteiger partial charge in [-0.1, -0.05) is 0 Å². The van der Waals surface area contributed by atoms with Crippen LogP contribution in [0.5, 0.6) is 0 Å². The second kappa shape index (κ2) is 3.23. The maximum absolute atomic E-state index is 12.6. The van der Waals surface area contributed by atoms with Crippen LogP contribution in [-0.4, -0.2) is 79.8 Å². The normalized spacial score (nSPS) is 17.3. The molecule has 0 heterocycles. The van der Waals surface area contributed by atoms with Gasteiger partial charge < -0.3 is 0 Å². The summed E-state index contributed by atoms with van der Waals surface area (Å²) in [4.78, 5) is 56.8. The summed E-state index contributed by atoms with van der Waals surface area (Å²) in [6.45, 7) is 0. The van der Waals surface area contributed by atoms with Crippen molar-refractivity contribution in [1.29, 1.82) is 0 Å². The predicted molar refractivity (Wildman–Crippen MR) is 64.2 cm³/mol. The van der Waals surface area contributed by atoms with E-state index in [1.54, 1.807) is 0 Å². The zero-order chi connectivity index (χ0) is 21.0. The van der Waals surface area contributed by atoms with Crippen LogP contribution < -0.4 is 0 Å². The molecule has 0 spiro atoms. The van der Waals surface area contributed by atoms with E-state index in [0.29, 0.717) is 0 Å². The summed E-state index contributed by atoms with van der Waals surface area (Å²) < 4.78 is 0. The van der Waals surface area contributed by atoms with Crippen molar-refractivity contribution in [3.05, 3.63) is 0 Å². The molecule has 0 fully saturated rings. The van der Waals surface area contributed by atoms with Crippen molar-refractivity contribution in [3.8, 4) is 0 Å². The first kappa shape index (κ1) is 21.3. The number of hydrogen-bond donors (Lipinski definition) is 8. The van der Waals surface area contributed by atoms with Crippen LogP contribution in [0.3, 0.4) is 0 Å². The van der Waals surface area contributed by atoms with Crippen LogP contribution in [0.4, 0.5) is 38.4 Å². The van der Waals surface area contributed by atoms with Gasteiger partial charge in [-0.2, -0.15) is 0 Å². The Morgan fingerprint density at radius 3 is 0.400 bits per heavy atom. The summed E-state index contributed by atoms with van der Waals surface area (Å²) in [5, 5.41) is 73.6. The standard InChI is InChI=1S/8CHO2.Cu/c8*2-1-3;/h8*(H,2,3);. The first-order valence-corrected chi connectivity index (χ1v) is 8.39. The van der Waals surface area contributed by atoms with Crippen molar-refractivity contribution >= 4 is 38.9 Å². The van der Waals surface area contributed by atoms with Crippen LogP contribution in [0, 0.1) is 0 Å². The van der Waals surface area contributed by atoms with Gasteiger partial charge in [0.25, 0.3) is 0 Å². The van der Waals surface area contributed by atoms with Crippen LogP contribution in [0.25, 0.3) is 0 Å². The van der Waals surface area contributed by atoms with Gasteiger partial charge in [0.1, 0.15) is 0 Å². The predicted octanol–water partition coefficient (Wildman–Crippen LogP) is 1.71. The zero-order valence-electron chi connectivity index (χ0n) is 11.1. The molecule has 8 N–H and O–H groups in total. The average Bonchev–Trinajstić information content (AvgIpc) is 2.38. The fourth-order valence-electron chi connectivity index (χ4n) is 1.54. The van der Waals surface area contributed by atoms with Gasteiger partial charge in [0.15, 0.2) is 0 Å². The Hall–Kier alpha value is -3.72. The van der Waals surface area contributed by atoms with Gasteiger partial charge in [-0.15, -0.1) is 0 Å². The van der Waals surface area contributed by atoms with Gasteiger partial charge in [-0.25, -0.2) is 0 Å². The van der Waals surface area contributed by atoms with Gasteiger partial charge in [-0.3, -0.25) is 0 Å². The minimum atomic E-state index is -12.6.